The van der Waals surface area contributed by atoms with Crippen LogP contribution in [0.4, 0.5) is 0 Å². The van der Waals surface area contributed by atoms with E-state index >= 15 is 0 Å². The van der Waals surface area contributed by atoms with Gasteiger partial charge < -0.3 is 0 Å². The standard InChI is InChI=1S/C11H15ClN2/c1-8-7-13-11(14-10(8)6-12)9-4-2-3-5-9/h7,9H,2-6H2,1H3. The highest BCUT2D eigenvalue weighted by Crippen LogP contribution is 2.32. The molecule has 1 aromatic heterocycles. The van der Waals surface area contributed by atoms with E-state index in [1.807, 2.05) is 13.1 Å². The predicted molar refractivity (Wildman–Crippen MR) is 57.5 cm³/mol. The van der Waals surface area contributed by atoms with Gasteiger partial charge in [-0.15, -0.1) is 11.6 Å². The molecular weight excluding hydrogens is 196 g/mol. The van der Waals surface area contributed by atoms with Crippen molar-refractivity contribution in [2.45, 2.75) is 44.4 Å². The van der Waals surface area contributed by atoms with Gasteiger partial charge in [-0.05, 0) is 25.3 Å². The minimum atomic E-state index is 0.494. The smallest absolute Gasteiger partial charge is 0.131 e. The number of nitrogens with zero attached hydrogens (tertiary/aromatic N) is 2. The van der Waals surface area contributed by atoms with E-state index in [0.29, 0.717) is 11.8 Å². The van der Waals surface area contributed by atoms with Crippen LogP contribution in [0.25, 0.3) is 0 Å². The summed E-state index contributed by atoms with van der Waals surface area (Å²) in [5, 5.41) is 0. The zero-order valence-electron chi connectivity index (χ0n) is 8.46. The van der Waals surface area contributed by atoms with Crippen LogP contribution < -0.4 is 0 Å². The summed E-state index contributed by atoms with van der Waals surface area (Å²) in [4.78, 5) is 8.93. The molecule has 0 spiro atoms. The summed E-state index contributed by atoms with van der Waals surface area (Å²) in [7, 11) is 0. The van der Waals surface area contributed by atoms with Gasteiger partial charge in [0.15, 0.2) is 0 Å². The van der Waals surface area contributed by atoms with E-state index in [1.165, 1.54) is 25.7 Å². The Morgan fingerprint density at radius 3 is 2.79 bits per heavy atom. The van der Waals surface area contributed by atoms with Crippen LogP contribution in [-0.4, -0.2) is 9.97 Å². The second kappa shape index (κ2) is 4.26. The zero-order chi connectivity index (χ0) is 9.97. The lowest BCUT2D eigenvalue weighted by Gasteiger charge is -2.09. The maximum atomic E-state index is 5.82. The average Bonchev–Trinajstić information content (AvgIpc) is 2.71. The first-order valence-corrected chi connectivity index (χ1v) is 5.73. The molecule has 0 aliphatic heterocycles. The molecule has 2 nitrogen and oxygen atoms in total. The van der Waals surface area contributed by atoms with Crippen LogP contribution >= 0.6 is 11.6 Å². The lowest BCUT2D eigenvalue weighted by atomic mass is 10.1. The number of rotatable bonds is 2. The van der Waals surface area contributed by atoms with Crippen LogP contribution in [0, 0.1) is 6.92 Å². The van der Waals surface area contributed by atoms with E-state index in [1.54, 1.807) is 0 Å². The topological polar surface area (TPSA) is 25.8 Å². The van der Waals surface area contributed by atoms with Crippen molar-refractivity contribution < 1.29 is 0 Å². The molecule has 1 fully saturated rings. The Kier molecular flexibility index (Phi) is 3.02. The van der Waals surface area contributed by atoms with Gasteiger partial charge >= 0.3 is 0 Å². The molecule has 1 saturated carbocycles. The summed E-state index contributed by atoms with van der Waals surface area (Å²) in [6.45, 7) is 2.01. The highest BCUT2D eigenvalue weighted by Gasteiger charge is 2.20. The highest BCUT2D eigenvalue weighted by molar-refractivity contribution is 6.16. The Balaban J connectivity index is 2.25. The molecule has 0 radical (unpaired) electrons. The molecule has 2 rings (SSSR count). The second-order valence-corrected chi connectivity index (χ2v) is 4.24. The summed E-state index contributed by atoms with van der Waals surface area (Å²) in [6.07, 6.45) is 7.02. The van der Waals surface area contributed by atoms with Gasteiger partial charge in [0.1, 0.15) is 5.82 Å². The maximum absolute atomic E-state index is 5.82. The summed E-state index contributed by atoms with van der Waals surface area (Å²) in [5.74, 6) is 2.08. The fourth-order valence-electron chi connectivity index (χ4n) is 2.01. The molecule has 1 aliphatic carbocycles. The van der Waals surface area contributed by atoms with Crippen LogP contribution in [0.5, 0.6) is 0 Å². The van der Waals surface area contributed by atoms with Crippen molar-refractivity contribution in [3.63, 3.8) is 0 Å². The lowest BCUT2D eigenvalue weighted by Crippen LogP contribution is -2.04. The largest absolute Gasteiger partial charge is 0.241 e. The van der Waals surface area contributed by atoms with Crippen LogP contribution in [0.15, 0.2) is 6.20 Å². The van der Waals surface area contributed by atoms with Gasteiger partial charge in [0.25, 0.3) is 0 Å². The molecule has 3 heteroatoms. The van der Waals surface area contributed by atoms with Crippen molar-refractivity contribution in [2.24, 2.45) is 0 Å². The Bertz CT molecular complexity index is 319. The van der Waals surface area contributed by atoms with Crippen molar-refractivity contribution in [1.29, 1.82) is 0 Å². The quantitative estimate of drug-likeness (QED) is 0.701. The number of halogens is 1. The van der Waals surface area contributed by atoms with Crippen LogP contribution in [-0.2, 0) is 5.88 Å². The number of aryl methyl sites for hydroxylation is 1. The first kappa shape index (κ1) is 9.91. The molecule has 76 valence electrons. The molecule has 0 amide bonds. The third kappa shape index (κ3) is 1.90. The lowest BCUT2D eigenvalue weighted by molar-refractivity contribution is 0.661. The van der Waals surface area contributed by atoms with Crippen LogP contribution in [0.3, 0.4) is 0 Å². The Labute approximate surface area is 89.7 Å². The maximum Gasteiger partial charge on any atom is 0.131 e. The molecular formula is C11H15ClN2. The number of hydrogen-bond acceptors (Lipinski definition) is 2. The van der Waals surface area contributed by atoms with Gasteiger partial charge in [0.2, 0.25) is 0 Å². The molecule has 0 bridgehead atoms. The van der Waals surface area contributed by atoms with Crippen molar-refractivity contribution in [1.82, 2.24) is 9.97 Å². The van der Waals surface area contributed by atoms with Gasteiger partial charge in [-0.3, -0.25) is 0 Å². The number of aromatic nitrogens is 2. The van der Waals surface area contributed by atoms with E-state index in [-0.39, 0.29) is 0 Å². The summed E-state index contributed by atoms with van der Waals surface area (Å²) in [5.41, 5.74) is 2.09. The van der Waals surface area contributed by atoms with Crippen molar-refractivity contribution in [3.8, 4) is 0 Å². The predicted octanol–water partition coefficient (Wildman–Crippen LogP) is 3.18. The summed E-state index contributed by atoms with van der Waals surface area (Å²) in [6, 6.07) is 0. The fourth-order valence-corrected chi connectivity index (χ4v) is 2.28. The molecule has 14 heavy (non-hydrogen) atoms. The molecule has 0 saturated heterocycles. The van der Waals surface area contributed by atoms with Gasteiger partial charge in [-0.1, -0.05) is 12.8 Å². The molecule has 0 N–H and O–H groups in total. The first-order chi connectivity index (χ1) is 6.81. The normalized spacial score (nSPS) is 17.6. The number of hydrogen-bond donors (Lipinski definition) is 0. The SMILES string of the molecule is Cc1cnc(C2CCCC2)nc1CCl. The summed E-state index contributed by atoms with van der Waals surface area (Å²) < 4.78 is 0. The van der Waals surface area contributed by atoms with Crippen molar-refractivity contribution >= 4 is 11.6 Å². The second-order valence-electron chi connectivity index (χ2n) is 3.97. The van der Waals surface area contributed by atoms with E-state index in [9.17, 15) is 0 Å². The van der Waals surface area contributed by atoms with Gasteiger partial charge in [0.05, 0.1) is 11.6 Å². The summed E-state index contributed by atoms with van der Waals surface area (Å²) >= 11 is 5.82. The Morgan fingerprint density at radius 2 is 2.14 bits per heavy atom. The monoisotopic (exact) mass is 210 g/mol. The third-order valence-corrected chi connectivity index (χ3v) is 3.20. The van der Waals surface area contributed by atoms with Gasteiger partial charge in [-0.2, -0.15) is 0 Å². The molecule has 1 heterocycles. The average molecular weight is 211 g/mol. The Morgan fingerprint density at radius 1 is 1.43 bits per heavy atom. The minimum Gasteiger partial charge on any atom is -0.241 e. The van der Waals surface area contributed by atoms with Gasteiger partial charge in [0, 0.05) is 12.1 Å². The van der Waals surface area contributed by atoms with E-state index in [0.717, 1.165) is 17.1 Å². The first-order valence-electron chi connectivity index (χ1n) is 5.19. The minimum absolute atomic E-state index is 0.494. The van der Waals surface area contributed by atoms with Gasteiger partial charge in [-0.25, -0.2) is 9.97 Å². The third-order valence-electron chi connectivity index (χ3n) is 2.94. The molecule has 1 aliphatic rings. The van der Waals surface area contributed by atoms with Crippen LogP contribution in [0.1, 0.15) is 48.7 Å². The Hall–Kier alpha value is -0.630. The molecule has 0 atom stereocenters. The van der Waals surface area contributed by atoms with Crippen molar-refractivity contribution in [3.05, 3.63) is 23.3 Å². The van der Waals surface area contributed by atoms with Crippen LogP contribution in [0.2, 0.25) is 0 Å². The van der Waals surface area contributed by atoms with Crippen molar-refractivity contribution in [2.75, 3.05) is 0 Å². The number of alkyl halides is 1. The van der Waals surface area contributed by atoms with E-state index in [4.69, 9.17) is 11.6 Å². The molecule has 0 unspecified atom stereocenters. The van der Waals surface area contributed by atoms with E-state index in [2.05, 4.69) is 9.97 Å². The van der Waals surface area contributed by atoms with E-state index < -0.39 is 0 Å². The zero-order valence-corrected chi connectivity index (χ0v) is 9.22. The fraction of sp³-hybridized carbons (Fsp3) is 0.636. The molecule has 0 aromatic carbocycles. The molecule has 1 aromatic rings. The highest BCUT2D eigenvalue weighted by atomic mass is 35.5.